The Hall–Kier alpha value is -1.85. The van der Waals surface area contributed by atoms with Crippen molar-refractivity contribution in [3.05, 3.63) is 45.7 Å². The molecule has 0 aliphatic rings. The third kappa shape index (κ3) is 3.15. The molecule has 0 aliphatic carbocycles. The molecule has 0 aliphatic heterocycles. The maximum Gasteiger partial charge on any atom is 0.270 e. The molecule has 4 nitrogen and oxygen atoms in total. The second-order valence-electron chi connectivity index (χ2n) is 5.03. The molecule has 22 heavy (non-hydrogen) atoms. The second kappa shape index (κ2) is 6.50. The van der Waals surface area contributed by atoms with Gasteiger partial charge in [0.1, 0.15) is 4.70 Å². The van der Waals surface area contributed by atoms with Gasteiger partial charge in [-0.05, 0) is 30.2 Å². The van der Waals surface area contributed by atoms with Crippen LogP contribution in [0.2, 0.25) is 5.02 Å². The number of anilines is 1. The van der Waals surface area contributed by atoms with E-state index in [4.69, 9.17) is 11.6 Å². The molecule has 1 aromatic carbocycles. The molecule has 114 valence electrons. The standard InChI is InChI=1S/C16H16ClN3OS/c1-2-3-8-18-16-19-12-9-13(22-14(12)15(21)20-16)10-4-6-11(17)7-5-10/h4-7,9H,2-3,8H2,1H3,(H2,18,19,20,21). The molecule has 0 saturated carbocycles. The third-order valence-electron chi connectivity index (χ3n) is 3.33. The lowest BCUT2D eigenvalue weighted by atomic mass is 10.2. The van der Waals surface area contributed by atoms with Crippen molar-refractivity contribution in [2.45, 2.75) is 19.8 Å². The number of aromatic amines is 1. The summed E-state index contributed by atoms with van der Waals surface area (Å²) in [6.07, 6.45) is 2.14. The van der Waals surface area contributed by atoms with E-state index in [2.05, 4.69) is 22.2 Å². The number of H-pyrrole nitrogens is 1. The van der Waals surface area contributed by atoms with Gasteiger partial charge in [0, 0.05) is 16.4 Å². The maximum absolute atomic E-state index is 12.2. The Kier molecular flexibility index (Phi) is 4.45. The normalized spacial score (nSPS) is 11.0. The van der Waals surface area contributed by atoms with Crippen LogP contribution in [0.4, 0.5) is 5.95 Å². The fraction of sp³-hybridized carbons (Fsp3) is 0.250. The van der Waals surface area contributed by atoms with Crippen molar-refractivity contribution in [1.29, 1.82) is 0 Å². The second-order valence-corrected chi connectivity index (χ2v) is 6.52. The fourth-order valence-electron chi connectivity index (χ4n) is 2.16. The molecular formula is C16H16ClN3OS. The number of rotatable bonds is 5. The van der Waals surface area contributed by atoms with Crippen LogP contribution in [0.25, 0.3) is 20.7 Å². The van der Waals surface area contributed by atoms with Crippen LogP contribution in [-0.4, -0.2) is 16.5 Å². The molecule has 3 rings (SSSR count). The summed E-state index contributed by atoms with van der Waals surface area (Å²) < 4.78 is 0.644. The van der Waals surface area contributed by atoms with E-state index in [1.54, 1.807) is 0 Å². The van der Waals surface area contributed by atoms with Gasteiger partial charge in [-0.25, -0.2) is 4.98 Å². The van der Waals surface area contributed by atoms with Crippen LogP contribution in [0.3, 0.4) is 0 Å². The summed E-state index contributed by atoms with van der Waals surface area (Å²) >= 11 is 7.35. The molecule has 2 N–H and O–H groups in total. The van der Waals surface area contributed by atoms with Crippen molar-refractivity contribution >= 4 is 39.1 Å². The Morgan fingerprint density at radius 2 is 2.09 bits per heavy atom. The van der Waals surface area contributed by atoms with Gasteiger partial charge in [0.05, 0.1) is 5.52 Å². The van der Waals surface area contributed by atoms with Gasteiger partial charge < -0.3 is 5.32 Å². The van der Waals surface area contributed by atoms with Gasteiger partial charge in [0.15, 0.2) is 0 Å². The highest BCUT2D eigenvalue weighted by Crippen LogP contribution is 2.31. The van der Waals surface area contributed by atoms with E-state index in [-0.39, 0.29) is 5.56 Å². The van der Waals surface area contributed by atoms with Crippen molar-refractivity contribution in [3.63, 3.8) is 0 Å². The molecule has 6 heteroatoms. The molecule has 0 unspecified atom stereocenters. The van der Waals surface area contributed by atoms with E-state index in [0.29, 0.717) is 15.7 Å². The minimum Gasteiger partial charge on any atom is -0.356 e. The summed E-state index contributed by atoms with van der Waals surface area (Å²) in [7, 11) is 0. The molecule has 0 bridgehead atoms. The number of thiophene rings is 1. The number of halogens is 1. The van der Waals surface area contributed by atoms with Gasteiger partial charge >= 0.3 is 0 Å². The molecule has 0 saturated heterocycles. The molecule has 2 aromatic heterocycles. The SMILES string of the molecule is CCCCNc1nc2cc(-c3ccc(Cl)cc3)sc2c(=O)[nH]1. The van der Waals surface area contributed by atoms with Crippen molar-refractivity contribution in [2.24, 2.45) is 0 Å². The first-order valence-electron chi connectivity index (χ1n) is 7.21. The summed E-state index contributed by atoms with van der Waals surface area (Å²) in [5, 5.41) is 3.85. The van der Waals surface area contributed by atoms with Crippen molar-refractivity contribution in [1.82, 2.24) is 9.97 Å². The smallest absolute Gasteiger partial charge is 0.270 e. The van der Waals surface area contributed by atoms with E-state index < -0.39 is 0 Å². The molecular weight excluding hydrogens is 318 g/mol. The van der Waals surface area contributed by atoms with Crippen molar-refractivity contribution < 1.29 is 0 Å². The van der Waals surface area contributed by atoms with E-state index in [9.17, 15) is 4.79 Å². The lowest BCUT2D eigenvalue weighted by Crippen LogP contribution is -2.12. The van der Waals surface area contributed by atoms with Crippen LogP contribution in [0.1, 0.15) is 19.8 Å². The average molecular weight is 334 g/mol. The van der Waals surface area contributed by atoms with Gasteiger partial charge in [0.25, 0.3) is 5.56 Å². The van der Waals surface area contributed by atoms with Crippen LogP contribution in [-0.2, 0) is 0 Å². The first-order valence-corrected chi connectivity index (χ1v) is 8.40. The van der Waals surface area contributed by atoms with Gasteiger partial charge in [-0.1, -0.05) is 37.1 Å². The Bertz CT molecular complexity index is 839. The molecule has 3 aromatic rings. The van der Waals surface area contributed by atoms with Gasteiger partial charge in [-0.2, -0.15) is 0 Å². The summed E-state index contributed by atoms with van der Waals surface area (Å²) in [4.78, 5) is 20.5. The summed E-state index contributed by atoms with van der Waals surface area (Å²) in [6, 6.07) is 9.53. The topological polar surface area (TPSA) is 57.8 Å². The number of benzene rings is 1. The number of hydrogen-bond donors (Lipinski definition) is 2. The van der Waals surface area contributed by atoms with Crippen molar-refractivity contribution in [2.75, 3.05) is 11.9 Å². The Labute approximate surface area is 137 Å². The lowest BCUT2D eigenvalue weighted by molar-refractivity contribution is 0.826. The first kappa shape index (κ1) is 15.1. The molecule has 0 fully saturated rings. The summed E-state index contributed by atoms with van der Waals surface area (Å²) in [5.41, 5.74) is 1.65. The Morgan fingerprint density at radius 3 is 2.82 bits per heavy atom. The van der Waals surface area contributed by atoms with Gasteiger partial charge in [0.2, 0.25) is 5.95 Å². The van der Waals surface area contributed by atoms with E-state index in [0.717, 1.165) is 35.3 Å². The highest BCUT2D eigenvalue weighted by Gasteiger charge is 2.10. The highest BCUT2D eigenvalue weighted by molar-refractivity contribution is 7.22. The van der Waals surface area contributed by atoms with Crippen LogP contribution < -0.4 is 10.9 Å². The predicted molar refractivity (Wildman–Crippen MR) is 94.1 cm³/mol. The number of aromatic nitrogens is 2. The average Bonchev–Trinajstić information content (AvgIpc) is 2.93. The van der Waals surface area contributed by atoms with Gasteiger partial charge in [-0.15, -0.1) is 11.3 Å². The van der Waals surface area contributed by atoms with Crippen molar-refractivity contribution in [3.8, 4) is 10.4 Å². The number of nitrogens with zero attached hydrogens (tertiary/aromatic N) is 1. The van der Waals surface area contributed by atoms with Crippen LogP contribution in [0.5, 0.6) is 0 Å². The van der Waals surface area contributed by atoms with E-state index >= 15 is 0 Å². The molecule has 0 radical (unpaired) electrons. The Balaban J connectivity index is 1.97. The van der Waals surface area contributed by atoms with Crippen LogP contribution in [0, 0.1) is 0 Å². The van der Waals surface area contributed by atoms with Crippen LogP contribution >= 0.6 is 22.9 Å². The maximum atomic E-state index is 12.2. The van der Waals surface area contributed by atoms with E-state index in [1.807, 2.05) is 30.3 Å². The molecule has 0 spiro atoms. The largest absolute Gasteiger partial charge is 0.356 e. The molecule has 0 atom stereocenters. The number of unbranched alkanes of at least 4 members (excludes halogenated alkanes) is 1. The summed E-state index contributed by atoms with van der Waals surface area (Å²) in [5.74, 6) is 0.534. The quantitative estimate of drug-likeness (QED) is 0.675. The monoisotopic (exact) mass is 333 g/mol. The molecule has 0 amide bonds. The molecule has 2 heterocycles. The minimum absolute atomic E-state index is 0.103. The number of fused-ring (bicyclic) bond motifs is 1. The predicted octanol–water partition coefficient (Wildman–Crippen LogP) is 4.52. The number of hydrogen-bond acceptors (Lipinski definition) is 4. The van der Waals surface area contributed by atoms with Gasteiger partial charge in [-0.3, -0.25) is 9.78 Å². The minimum atomic E-state index is -0.103. The van der Waals surface area contributed by atoms with Crippen LogP contribution in [0.15, 0.2) is 35.1 Å². The summed E-state index contributed by atoms with van der Waals surface area (Å²) in [6.45, 7) is 2.93. The zero-order valence-corrected chi connectivity index (χ0v) is 13.7. The lowest BCUT2D eigenvalue weighted by Gasteiger charge is -2.03. The first-order chi connectivity index (χ1) is 10.7. The Morgan fingerprint density at radius 1 is 1.32 bits per heavy atom. The number of nitrogens with one attached hydrogen (secondary N) is 2. The van der Waals surface area contributed by atoms with E-state index in [1.165, 1.54) is 11.3 Å². The third-order valence-corrected chi connectivity index (χ3v) is 4.76. The highest BCUT2D eigenvalue weighted by atomic mass is 35.5. The zero-order chi connectivity index (χ0) is 15.5. The zero-order valence-electron chi connectivity index (χ0n) is 12.1. The fourth-order valence-corrected chi connectivity index (χ4v) is 3.29.